The lowest BCUT2D eigenvalue weighted by Gasteiger charge is -2.16. The van der Waals surface area contributed by atoms with Crippen molar-refractivity contribution in [2.75, 3.05) is 19.6 Å². The topological polar surface area (TPSA) is 54.3 Å². The molecule has 0 radical (unpaired) electrons. The summed E-state index contributed by atoms with van der Waals surface area (Å²) in [5.74, 6) is 0. The van der Waals surface area contributed by atoms with Crippen LogP contribution in [0.4, 0.5) is 0 Å². The Morgan fingerprint density at radius 3 is 2.89 bits per heavy atom. The third-order valence-electron chi connectivity index (χ3n) is 3.45. The lowest BCUT2D eigenvalue weighted by molar-refractivity contribution is 0.323. The van der Waals surface area contributed by atoms with Crippen LogP contribution in [0.5, 0.6) is 0 Å². The van der Waals surface area contributed by atoms with Crippen molar-refractivity contribution in [1.82, 2.24) is 14.2 Å². The Kier molecular flexibility index (Phi) is 4.09. The van der Waals surface area contributed by atoms with Gasteiger partial charge in [-0.2, -0.15) is 0 Å². The van der Waals surface area contributed by atoms with Crippen LogP contribution in [0.2, 0.25) is 0 Å². The van der Waals surface area contributed by atoms with Crippen LogP contribution in [0, 0.1) is 0 Å². The van der Waals surface area contributed by atoms with Gasteiger partial charge in [0.15, 0.2) is 0 Å². The largest absolute Gasteiger partial charge is 0.353 e. The van der Waals surface area contributed by atoms with Crippen LogP contribution in [-0.4, -0.2) is 42.8 Å². The molecule has 1 saturated heterocycles. The summed E-state index contributed by atoms with van der Waals surface area (Å²) in [6, 6.07) is 4.09. The first-order chi connectivity index (χ1) is 8.53. The lowest BCUT2D eigenvalue weighted by Crippen LogP contribution is -2.36. The molecule has 5 nitrogen and oxygen atoms in total. The second-order valence-corrected chi connectivity index (χ2v) is 6.84. The summed E-state index contributed by atoms with van der Waals surface area (Å²) in [4.78, 5) is 2.20. The first-order valence-electron chi connectivity index (χ1n) is 6.34. The number of rotatable bonds is 5. The highest BCUT2D eigenvalue weighted by molar-refractivity contribution is 7.90. The predicted octanol–water partition coefficient (Wildman–Crippen LogP) is 0.539. The van der Waals surface area contributed by atoms with Gasteiger partial charge in [0.1, 0.15) is 0 Å². The summed E-state index contributed by atoms with van der Waals surface area (Å²) in [7, 11) is -1.12. The fraction of sp³-hybridized carbons (Fsp3) is 0.667. The van der Waals surface area contributed by atoms with Crippen LogP contribution in [0.25, 0.3) is 0 Å². The molecule has 18 heavy (non-hydrogen) atoms. The van der Waals surface area contributed by atoms with Crippen LogP contribution >= 0.6 is 0 Å². The summed E-state index contributed by atoms with van der Waals surface area (Å²) in [6.45, 7) is 4.58. The van der Waals surface area contributed by atoms with Crippen molar-refractivity contribution in [3.05, 3.63) is 24.0 Å². The molecule has 0 spiro atoms. The molecular weight excluding hydrogens is 250 g/mol. The number of hydrogen-bond donors (Lipinski definition) is 1. The third kappa shape index (κ3) is 2.93. The van der Waals surface area contributed by atoms with Gasteiger partial charge in [0, 0.05) is 38.6 Å². The molecule has 1 N–H and O–H groups in total. The number of likely N-dealkylation sites (tertiary alicyclic amines) is 1. The highest BCUT2D eigenvalue weighted by atomic mass is 32.2. The van der Waals surface area contributed by atoms with Crippen molar-refractivity contribution in [3.63, 3.8) is 0 Å². The van der Waals surface area contributed by atoms with Gasteiger partial charge in [-0.1, -0.05) is 6.92 Å². The molecule has 0 amide bonds. The maximum absolute atomic E-state index is 11.9. The van der Waals surface area contributed by atoms with Gasteiger partial charge in [0.2, 0.25) is 10.0 Å². The molecule has 1 aromatic rings. The van der Waals surface area contributed by atoms with Gasteiger partial charge in [-0.25, -0.2) is 13.1 Å². The zero-order valence-corrected chi connectivity index (χ0v) is 11.8. The van der Waals surface area contributed by atoms with E-state index in [-0.39, 0.29) is 5.25 Å². The normalized spacial score (nSPS) is 21.6. The van der Waals surface area contributed by atoms with Gasteiger partial charge in [-0.15, -0.1) is 0 Å². The molecule has 0 aliphatic carbocycles. The smallest absolute Gasteiger partial charge is 0.215 e. The Hall–Kier alpha value is -0.850. The van der Waals surface area contributed by atoms with Crippen molar-refractivity contribution >= 4 is 10.0 Å². The lowest BCUT2D eigenvalue weighted by atomic mass is 10.4. The van der Waals surface area contributed by atoms with Gasteiger partial charge in [-0.3, -0.25) is 4.90 Å². The van der Waals surface area contributed by atoms with E-state index in [9.17, 15) is 8.42 Å². The zero-order valence-electron chi connectivity index (χ0n) is 11.0. The second kappa shape index (κ2) is 5.42. The average Bonchev–Trinajstić information content (AvgIpc) is 2.90. The number of nitrogens with zero attached hydrogens (tertiary/aromatic N) is 2. The number of aromatic nitrogens is 1. The van der Waals surface area contributed by atoms with Crippen LogP contribution in [0.3, 0.4) is 0 Å². The average molecular weight is 271 g/mol. The summed E-state index contributed by atoms with van der Waals surface area (Å²) < 4.78 is 28.5. The van der Waals surface area contributed by atoms with E-state index >= 15 is 0 Å². The molecule has 6 heteroatoms. The van der Waals surface area contributed by atoms with Gasteiger partial charge < -0.3 is 4.57 Å². The Labute approximate surface area is 109 Å². The van der Waals surface area contributed by atoms with Crippen LogP contribution in [-0.2, 0) is 23.6 Å². The molecule has 0 aromatic carbocycles. The highest BCUT2D eigenvalue weighted by Crippen LogP contribution is 2.18. The highest BCUT2D eigenvalue weighted by Gasteiger charge is 2.32. The maximum Gasteiger partial charge on any atom is 0.215 e. The molecule has 0 bridgehead atoms. The van der Waals surface area contributed by atoms with Gasteiger partial charge in [-0.05, 0) is 25.1 Å². The van der Waals surface area contributed by atoms with Crippen molar-refractivity contribution in [2.24, 2.45) is 7.05 Å². The molecule has 1 aliphatic rings. The molecule has 1 aliphatic heterocycles. The number of sulfonamides is 1. The van der Waals surface area contributed by atoms with Crippen molar-refractivity contribution in [3.8, 4) is 0 Å². The minimum absolute atomic E-state index is 0.266. The number of aryl methyl sites for hydroxylation is 1. The number of nitrogens with one attached hydrogen (secondary N) is 1. The van der Waals surface area contributed by atoms with E-state index in [4.69, 9.17) is 0 Å². The Morgan fingerprint density at radius 2 is 2.28 bits per heavy atom. The van der Waals surface area contributed by atoms with E-state index in [1.165, 1.54) is 5.69 Å². The standard InChI is InChI=1S/C12H21N3O2S/c1-3-13-18(16,17)12-6-8-15(10-12)9-11-5-4-7-14(11)2/h4-5,7,12-13H,3,6,8-10H2,1-2H3/t12-/m1/s1. The molecule has 1 atom stereocenters. The van der Waals surface area contributed by atoms with E-state index in [0.717, 1.165) is 19.5 Å². The minimum Gasteiger partial charge on any atom is -0.353 e. The zero-order chi connectivity index (χ0) is 13.2. The molecule has 0 unspecified atom stereocenters. The van der Waals surface area contributed by atoms with Gasteiger partial charge in [0.25, 0.3) is 0 Å². The van der Waals surface area contributed by atoms with E-state index in [2.05, 4.69) is 20.3 Å². The van der Waals surface area contributed by atoms with Gasteiger partial charge >= 0.3 is 0 Å². The molecule has 102 valence electrons. The van der Waals surface area contributed by atoms with Gasteiger partial charge in [0.05, 0.1) is 5.25 Å². The third-order valence-corrected chi connectivity index (χ3v) is 5.40. The molecule has 1 aromatic heterocycles. The van der Waals surface area contributed by atoms with E-state index in [0.29, 0.717) is 13.1 Å². The van der Waals surface area contributed by atoms with E-state index < -0.39 is 10.0 Å². The first kappa shape index (κ1) is 13.6. The van der Waals surface area contributed by atoms with Crippen molar-refractivity contribution < 1.29 is 8.42 Å². The summed E-state index contributed by atoms with van der Waals surface area (Å²) in [5, 5.41) is -0.266. The molecule has 0 saturated carbocycles. The Morgan fingerprint density at radius 1 is 1.50 bits per heavy atom. The van der Waals surface area contributed by atoms with E-state index in [1.54, 1.807) is 0 Å². The Balaban J connectivity index is 1.95. The quantitative estimate of drug-likeness (QED) is 0.850. The maximum atomic E-state index is 11.9. The van der Waals surface area contributed by atoms with Crippen LogP contribution in [0.15, 0.2) is 18.3 Å². The monoisotopic (exact) mass is 271 g/mol. The minimum atomic E-state index is -3.13. The second-order valence-electron chi connectivity index (χ2n) is 4.80. The SMILES string of the molecule is CCNS(=O)(=O)[C@@H]1CCN(Cc2cccn2C)C1. The van der Waals surface area contributed by atoms with Crippen LogP contribution < -0.4 is 4.72 Å². The molecule has 1 fully saturated rings. The predicted molar refractivity (Wildman–Crippen MR) is 71.7 cm³/mol. The Bertz CT molecular complexity index is 495. The van der Waals surface area contributed by atoms with Crippen molar-refractivity contribution in [1.29, 1.82) is 0 Å². The number of hydrogen-bond acceptors (Lipinski definition) is 3. The molecule has 2 heterocycles. The van der Waals surface area contributed by atoms with Crippen molar-refractivity contribution in [2.45, 2.75) is 25.1 Å². The molecular formula is C12H21N3O2S. The first-order valence-corrected chi connectivity index (χ1v) is 7.88. The summed E-state index contributed by atoms with van der Waals surface area (Å²) in [5.41, 5.74) is 1.22. The fourth-order valence-electron chi connectivity index (χ4n) is 2.40. The van der Waals surface area contributed by atoms with Crippen LogP contribution in [0.1, 0.15) is 19.0 Å². The fourth-order valence-corrected chi connectivity index (χ4v) is 3.86. The molecule has 2 rings (SSSR count). The summed E-state index contributed by atoms with van der Waals surface area (Å²) >= 11 is 0. The van der Waals surface area contributed by atoms with E-state index in [1.807, 2.05) is 26.2 Å². The summed E-state index contributed by atoms with van der Waals surface area (Å²) in [6.07, 6.45) is 2.73.